The number of Topliss-reactive ketones (excluding diaryl/α,β-unsaturated/α-hetero) is 1. The monoisotopic (exact) mass is 318 g/mol. The first-order chi connectivity index (χ1) is 11.3. The Morgan fingerprint density at radius 2 is 1.39 bits per heavy atom. The van der Waals surface area contributed by atoms with Gasteiger partial charge in [-0.05, 0) is 16.7 Å². The molecule has 0 aliphatic heterocycles. The molecule has 0 atom stereocenters. The van der Waals surface area contributed by atoms with Gasteiger partial charge in [0, 0.05) is 11.1 Å². The fraction of sp³-hybridized carbons (Fsp3) is 0.0500. The largest absolute Gasteiger partial charge is 0.420 e. The number of carbonyl (C=O) groups excluding carboxylic acids is 1. The van der Waals surface area contributed by atoms with Gasteiger partial charge < -0.3 is 4.43 Å². The summed E-state index contributed by atoms with van der Waals surface area (Å²) in [5.74, 6) is 0.0247. The fourth-order valence-corrected chi connectivity index (χ4v) is 3.03. The molecule has 3 heteroatoms. The third-order valence-electron chi connectivity index (χ3n) is 3.79. The van der Waals surface area contributed by atoms with Crippen molar-refractivity contribution in [2.75, 3.05) is 6.61 Å². The predicted octanol–water partition coefficient (Wildman–Crippen LogP) is 3.50. The molecule has 0 aliphatic rings. The quantitative estimate of drug-likeness (QED) is 0.532. The van der Waals surface area contributed by atoms with Crippen molar-refractivity contribution in [2.45, 2.75) is 0 Å². The van der Waals surface area contributed by atoms with E-state index >= 15 is 0 Å². The van der Waals surface area contributed by atoms with Crippen LogP contribution in [0.2, 0.25) is 0 Å². The molecule has 0 heterocycles. The van der Waals surface area contributed by atoms with E-state index in [1.165, 1.54) is 0 Å². The highest BCUT2D eigenvalue weighted by atomic mass is 28.2. The predicted molar refractivity (Wildman–Crippen MR) is 97.5 cm³/mol. The summed E-state index contributed by atoms with van der Waals surface area (Å²) in [6.45, 7) is 0.143. The number of ketones is 1. The van der Waals surface area contributed by atoms with Crippen molar-refractivity contribution < 1.29 is 9.22 Å². The lowest BCUT2D eigenvalue weighted by molar-refractivity contribution is 0.0929. The normalized spacial score (nSPS) is 10.6. The average molecular weight is 318 g/mol. The average Bonchev–Trinajstić information content (AvgIpc) is 2.63. The molecule has 0 saturated heterocycles. The maximum Gasteiger partial charge on any atom is 0.187 e. The standard InChI is InChI=1S/C20H18O2Si/c21-19(14-22-23)18-13-7-12-17(15-8-3-1-4-9-15)20(18)16-10-5-2-6-11-16/h1-13H,14H2,23H3. The summed E-state index contributed by atoms with van der Waals surface area (Å²) in [6, 6.07) is 26.1. The van der Waals surface area contributed by atoms with Crippen molar-refractivity contribution in [3.8, 4) is 22.3 Å². The third-order valence-corrected chi connectivity index (χ3v) is 4.08. The van der Waals surface area contributed by atoms with Crippen molar-refractivity contribution in [3.63, 3.8) is 0 Å². The van der Waals surface area contributed by atoms with Crippen molar-refractivity contribution in [1.29, 1.82) is 0 Å². The second-order valence-corrected chi connectivity index (χ2v) is 5.89. The molecular formula is C20H18O2Si. The first-order valence-electron chi connectivity index (χ1n) is 7.57. The molecule has 23 heavy (non-hydrogen) atoms. The lowest BCUT2D eigenvalue weighted by atomic mass is 9.89. The van der Waals surface area contributed by atoms with E-state index in [1.54, 1.807) is 0 Å². The molecule has 2 nitrogen and oxygen atoms in total. The van der Waals surface area contributed by atoms with E-state index in [2.05, 4.69) is 18.2 Å². The van der Waals surface area contributed by atoms with E-state index in [0.717, 1.165) is 22.3 Å². The Morgan fingerprint density at radius 1 is 0.783 bits per heavy atom. The van der Waals surface area contributed by atoms with Crippen LogP contribution in [0.5, 0.6) is 0 Å². The maximum absolute atomic E-state index is 12.5. The van der Waals surface area contributed by atoms with Crippen LogP contribution in [0.3, 0.4) is 0 Å². The molecular weight excluding hydrogens is 300 g/mol. The molecule has 0 N–H and O–H groups in total. The molecule has 3 rings (SSSR count). The van der Waals surface area contributed by atoms with Gasteiger partial charge in [-0.15, -0.1) is 0 Å². The lowest BCUT2D eigenvalue weighted by Crippen LogP contribution is -2.09. The van der Waals surface area contributed by atoms with Gasteiger partial charge in [0.2, 0.25) is 0 Å². The van der Waals surface area contributed by atoms with Crippen LogP contribution < -0.4 is 0 Å². The Bertz CT molecular complexity index is 798. The van der Waals surface area contributed by atoms with Crippen molar-refractivity contribution in [1.82, 2.24) is 0 Å². The number of benzene rings is 3. The van der Waals surface area contributed by atoms with Crippen LogP contribution in [0, 0.1) is 0 Å². The highest BCUT2D eigenvalue weighted by Gasteiger charge is 2.16. The van der Waals surface area contributed by atoms with Gasteiger partial charge in [-0.2, -0.15) is 0 Å². The molecule has 0 radical (unpaired) electrons. The topological polar surface area (TPSA) is 26.3 Å². The van der Waals surface area contributed by atoms with Gasteiger partial charge in [-0.1, -0.05) is 78.9 Å². The van der Waals surface area contributed by atoms with Crippen molar-refractivity contribution >= 4 is 16.3 Å². The number of carbonyl (C=O) groups is 1. The summed E-state index contributed by atoms with van der Waals surface area (Å²) in [7, 11) is 0.559. The zero-order valence-electron chi connectivity index (χ0n) is 13.0. The molecule has 0 aromatic heterocycles. The van der Waals surface area contributed by atoms with Crippen LogP contribution in [0.15, 0.2) is 78.9 Å². The van der Waals surface area contributed by atoms with Crippen LogP contribution in [0.1, 0.15) is 10.4 Å². The Kier molecular flexibility index (Phi) is 4.81. The van der Waals surface area contributed by atoms with E-state index < -0.39 is 0 Å². The Morgan fingerprint density at radius 3 is 2.00 bits per heavy atom. The minimum absolute atomic E-state index is 0.0247. The van der Waals surface area contributed by atoms with E-state index in [0.29, 0.717) is 16.0 Å². The minimum atomic E-state index is 0.0247. The van der Waals surface area contributed by atoms with E-state index in [1.807, 2.05) is 60.7 Å². The summed E-state index contributed by atoms with van der Waals surface area (Å²) in [4.78, 5) is 12.5. The SMILES string of the molecule is O=C(CO[SiH3])c1cccc(-c2ccccc2)c1-c1ccccc1. The van der Waals surface area contributed by atoms with Crippen LogP contribution in [-0.4, -0.2) is 22.9 Å². The molecule has 0 aliphatic carbocycles. The van der Waals surface area contributed by atoms with Crippen LogP contribution in [0.25, 0.3) is 22.3 Å². The van der Waals surface area contributed by atoms with Crippen molar-refractivity contribution in [2.24, 2.45) is 0 Å². The first kappa shape index (κ1) is 15.4. The summed E-state index contributed by atoms with van der Waals surface area (Å²) in [5, 5.41) is 0. The fourth-order valence-electron chi connectivity index (χ4n) is 2.77. The Balaban J connectivity index is 2.25. The van der Waals surface area contributed by atoms with Gasteiger partial charge >= 0.3 is 0 Å². The van der Waals surface area contributed by atoms with E-state index in [-0.39, 0.29) is 12.4 Å². The highest BCUT2D eigenvalue weighted by molar-refractivity contribution is 6.08. The molecule has 0 unspecified atom stereocenters. The number of rotatable bonds is 5. The minimum Gasteiger partial charge on any atom is -0.420 e. The van der Waals surface area contributed by atoms with E-state index in [9.17, 15) is 4.79 Å². The molecule has 0 saturated carbocycles. The molecule has 114 valence electrons. The Labute approximate surface area is 139 Å². The van der Waals surface area contributed by atoms with Crippen LogP contribution >= 0.6 is 0 Å². The molecule has 3 aromatic rings. The Hall–Kier alpha value is -2.49. The zero-order chi connectivity index (χ0) is 16.1. The summed E-state index contributed by atoms with van der Waals surface area (Å²) >= 11 is 0. The molecule has 0 spiro atoms. The summed E-state index contributed by atoms with van der Waals surface area (Å²) in [5.41, 5.74) is 4.91. The smallest absolute Gasteiger partial charge is 0.187 e. The third kappa shape index (κ3) is 3.31. The summed E-state index contributed by atoms with van der Waals surface area (Å²) in [6.07, 6.45) is 0. The molecule has 0 amide bonds. The maximum atomic E-state index is 12.5. The molecule has 3 aromatic carbocycles. The van der Waals surface area contributed by atoms with Crippen molar-refractivity contribution in [3.05, 3.63) is 84.4 Å². The lowest BCUT2D eigenvalue weighted by Gasteiger charge is -2.15. The van der Waals surface area contributed by atoms with Crippen LogP contribution in [0.4, 0.5) is 0 Å². The highest BCUT2D eigenvalue weighted by Crippen LogP contribution is 2.35. The number of hydrogen-bond donors (Lipinski definition) is 0. The van der Waals surface area contributed by atoms with Gasteiger partial charge in [-0.25, -0.2) is 0 Å². The van der Waals surface area contributed by atoms with Gasteiger partial charge in [0.25, 0.3) is 0 Å². The summed E-state index contributed by atoms with van der Waals surface area (Å²) < 4.78 is 5.18. The van der Waals surface area contributed by atoms with Gasteiger partial charge in [0.15, 0.2) is 5.78 Å². The zero-order valence-corrected chi connectivity index (χ0v) is 15.0. The van der Waals surface area contributed by atoms with Gasteiger partial charge in [0.1, 0.15) is 10.5 Å². The van der Waals surface area contributed by atoms with Gasteiger partial charge in [0.05, 0.1) is 6.61 Å². The van der Waals surface area contributed by atoms with E-state index in [4.69, 9.17) is 4.43 Å². The molecule has 0 bridgehead atoms. The van der Waals surface area contributed by atoms with Crippen LogP contribution in [-0.2, 0) is 4.43 Å². The first-order valence-corrected chi connectivity index (χ1v) is 8.39. The molecule has 0 fully saturated rings. The second-order valence-electron chi connectivity index (χ2n) is 5.32. The number of hydrogen-bond acceptors (Lipinski definition) is 2. The van der Waals surface area contributed by atoms with Gasteiger partial charge in [-0.3, -0.25) is 4.79 Å². The second kappa shape index (κ2) is 7.18.